The number of aliphatic hydroxyl groups is 1. The third-order valence-corrected chi connectivity index (χ3v) is 4.31. The molecule has 0 saturated carbocycles. The third kappa shape index (κ3) is 3.35. The van der Waals surface area contributed by atoms with Gasteiger partial charge in [-0.05, 0) is 37.6 Å². The van der Waals surface area contributed by atoms with E-state index in [1.54, 1.807) is 11.7 Å². The average molecular weight is 303 g/mol. The molecule has 0 radical (unpaired) electrons. The van der Waals surface area contributed by atoms with Crippen molar-refractivity contribution >= 4 is 11.3 Å². The quantitative estimate of drug-likeness (QED) is 0.882. The standard InChI is InChI=1S/C16H17NO3S/c1-11-12(2)21-16(19)17(11)10-14-9-15(20-3)7-6-13(14)5-4-8-18/h6-7,9,18H,8,10H2,1-3H3. The Morgan fingerprint density at radius 2 is 2.14 bits per heavy atom. The van der Waals surface area contributed by atoms with E-state index in [9.17, 15) is 4.79 Å². The third-order valence-electron chi connectivity index (χ3n) is 3.32. The Morgan fingerprint density at radius 3 is 2.71 bits per heavy atom. The molecule has 0 spiro atoms. The van der Waals surface area contributed by atoms with Crippen LogP contribution in [0.2, 0.25) is 0 Å². The Hall–Kier alpha value is -2.03. The Balaban J connectivity index is 2.48. The zero-order chi connectivity index (χ0) is 15.4. The maximum absolute atomic E-state index is 12.0. The van der Waals surface area contributed by atoms with Crippen molar-refractivity contribution in [3.05, 3.63) is 49.6 Å². The Morgan fingerprint density at radius 1 is 1.38 bits per heavy atom. The van der Waals surface area contributed by atoms with Crippen LogP contribution in [0.4, 0.5) is 0 Å². The van der Waals surface area contributed by atoms with Crippen molar-refractivity contribution < 1.29 is 9.84 Å². The Bertz CT molecular complexity index is 762. The number of benzene rings is 1. The molecule has 5 heteroatoms. The van der Waals surface area contributed by atoms with Crippen molar-refractivity contribution in [1.29, 1.82) is 0 Å². The molecule has 0 saturated heterocycles. The Labute approximate surface area is 127 Å². The summed E-state index contributed by atoms with van der Waals surface area (Å²) in [6.45, 7) is 4.13. The van der Waals surface area contributed by atoms with E-state index in [1.165, 1.54) is 11.3 Å². The number of aromatic nitrogens is 1. The van der Waals surface area contributed by atoms with Gasteiger partial charge in [0, 0.05) is 16.1 Å². The molecule has 1 heterocycles. The summed E-state index contributed by atoms with van der Waals surface area (Å²) in [4.78, 5) is 13.1. The van der Waals surface area contributed by atoms with Gasteiger partial charge in [0.25, 0.3) is 0 Å². The highest BCUT2D eigenvalue weighted by molar-refractivity contribution is 7.09. The number of aryl methyl sites for hydroxylation is 1. The molecular formula is C16H17NO3S. The number of hydrogen-bond donors (Lipinski definition) is 1. The molecule has 0 atom stereocenters. The monoisotopic (exact) mass is 303 g/mol. The SMILES string of the molecule is COc1ccc(C#CCO)c(Cn2c(C)c(C)sc2=O)c1. The molecule has 0 fully saturated rings. The Kier molecular flexibility index (Phi) is 4.84. The lowest BCUT2D eigenvalue weighted by atomic mass is 10.1. The van der Waals surface area contributed by atoms with Gasteiger partial charge < -0.3 is 9.84 Å². The fourth-order valence-corrected chi connectivity index (χ4v) is 2.86. The molecule has 0 amide bonds. The van der Waals surface area contributed by atoms with Crippen molar-refractivity contribution in [2.45, 2.75) is 20.4 Å². The lowest BCUT2D eigenvalue weighted by Crippen LogP contribution is -2.16. The zero-order valence-corrected chi connectivity index (χ0v) is 13.1. The topological polar surface area (TPSA) is 51.5 Å². The van der Waals surface area contributed by atoms with Gasteiger partial charge in [0.2, 0.25) is 0 Å². The molecule has 4 nitrogen and oxygen atoms in total. The summed E-state index contributed by atoms with van der Waals surface area (Å²) in [5.41, 5.74) is 2.66. The molecule has 0 unspecified atom stereocenters. The largest absolute Gasteiger partial charge is 0.497 e. The van der Waals surface area contributed by atoms with E-state index in [0.29, 0.717) is 6.54 Å². The minimum Gasteiger partial charge on any atom is -0.497 e. The van der Waals surface area contributed by atoms with Crippen LogP contribution in [0, 0.1) is 25.7 Å². The lowest BCUT2D eigenvalue weighted by molar-refractivity contribution is 0.350. The number of ether oxygens (including phenoxy) is 1. The van der Waals surface area contributed by atoms with E-state index in [2.05, 4.69) is 11.8 Å². The number of methoxy groups -OCH3 is 1. The lowest BCUT2D eigenvalue weighted by Gasteiger charge is -2.10. The second-order valence-corrected chi connectivity index (χ2v) is 5.74. The molecular weight excluding hydrogens is 286 g/mol. The number of thiazole rings is 1. The molecule has 1 N–H and O–H groups in total. The highest BCUT2D eigenvalue weighted by atomic mass is 32.1. The van der Waals surface area contributed by atoms with Gasteiger partial charge in [-0.3, -0.25) is 9.36 Å². The predicted molar refractivity (Wildman–Crippen MR) is 84.1 cm³/mol. The van der Waals surface area contributed by atoms with Crippen LogP contribution in [0.3, 0.4) is 0 Å². The number of aliphatic hydroxyl groups excluding tert-OH is 1. The zero-order valence-electron chi connectivity index (χ0n) is 12.3. The van der Waals surface area contributed by atoms with Gasteiger partial charge in [0.1, 0.15) is 12.4 Å². The van der Waals surface area contributed by atoms with E-state index in [0.717, 1.165) is 27.4 Å². The second-order valence-electron chi connectivity index (χ2n) is 4.58. The van der Waals surface area contributed by atoms with Crippen LogP contribution in [0.1, 0.15) is 21.7 Å². The summed E-state index contributed by atoms with van der Waals surface area (Å²) in [7, 11) is 1.60. The van der Waals surface area contributed by atoms with E-state index >= 15 is 0 Å². The fraction of sp³-hybridized carbons (Fsp3) is 0.312. The summed E-state index contributed by atoms with van der Waals surface area (Å²) < 4.78 is 6.97. The first kappa shape index (κ1) is 15.4. The average Bonchev–Trinajstić information content (AvgIpc) is 2.72. The summed E-state index contributed by atoms with van der Waals surface area (Å²) >= 11 is 1.25. The van der Waals surface area contributed by atoms with Crippen LogP contribution in [-0.2, 0) is 6.54 Å². The predicted octanol–water partition coefficient (Wildman–Crippen LogP) is 1.93. The maximum Gasteiger partial charge on any atom is 0.307 e. The molecule has 0 bridgehead atoms. The van der Waals surface area contributed by atoms with Crippen LogP contribution < -0.4 is 9.61 Å². The normalized spacial score (nSPS) is 10.1. The summed E-state index contributed by atoms with van der Waals surface area (Å²) in [6, 6.07) is 5.54. The molecule has 21 heavy (non-hydrogen) atoms. The van der Waals surface area contributed by atoms with Gasteiger partial charge in [-0.1, -0.05) is 23.2 Å². The van der Waals surface area contributed by atoms with E-state index in [4.69, 9.17) is 9.84 Å². The van der Waals surface area contributed by atoms with Gasteiger partial charge >= 0.3 is 4.87 Å². The molecule has 2 aromatic rings. The van der Waals surface area contributed by atoms with E-state index < -0.39 is 0 Å². The summed E-state index contributed by atoms with van der Waals surface area (Å²) in [6.07, 6.45) is 0. The fourth-order valence-electron chi connectivity index (χ4n) is 2.02. The summed E-state index contributed by atoms with van der Waals surface area (Å²) in [5.74, 6) is 6.27. The minimum atomic E-state index is -0.192. The second kappa shape index (κ2) is 6.61. The maximum atomic E-state index is 12.0. The highest BCUT2D eigenvalue weighted by Gasteiger charge is 2.10. The molecule has 2 rings (SSSR count). The van der Waals surface area contributed by atoms with Gasteiger partial charge in [0.15, 0.2) is 0 Å². The summed E-state index contributed by atoms with van der Waals surface area (Å²) in [5, 5.41) is 8.85. The van der Waals surface area contributed by atoms with Gasteiger partial charge in [-0.2, -0.15) is 0 Å². The first-order valence-electron chi connectivity index (χ1n) is 6.50. The van der Waals surface area contributed by atoms with Crippen molar-refractivity contribution in [1.82, 2.24) is 4.57 Å². The molecule has 0 aliphatic carbocycles. The minimum absolute atomic E-state index is 0.0221. The molecule has 1 aromatic heterocycles. The molecule has 0 aliphatic rings. The molecule has 110 valence electrons. The van der Waals surface area contributed by atoms with Crippen molar-refractivity contribution in [2.75, 3.05) is 13.7 Å². The van der Waals surface area contributed by atoms with Gasteiger partial charge in [-0.15, -0.1) is 0 Å². The van der Waals surface area contributed by atoms with Gasteiger partial charge in [0.05, 0.1) is 13.7 Å². The van der Waals surface area contributed by atoms with Crippen LogP contribution in [0.25, 0.3) is 0 Å². The van der Waals surface area contributed by atoms with Crippen LogP contribution in [0.5, 0.6) is 5.75 Å². The van der Waals surface area contributed by atoms with E-state index in [-0.39, 0.29) is 11.5 Å². The molecule has 0 aliphatic heterocycles. The number of rotatable bonds is 3. The van der Waals surface area contributed by atoms with Crippen LogP contribution in [0.15, 0.2) is 23.0 Å². The smallest absolute Gasteiger partial charge is 0.307 e. The highest BCUT2D eigenvalue weighted by Crippen LogP contribution is 2.19. The number of hydrogen-bond acceptors (Lipinski definition) is 4. The van der Waals surface area contributed by atoms with E-state index in [1.807, 2.05) is 32.0 Å². The first-order valence-corrected chi connectivity index (χ1v) is 7.32. The van der Waals surface area contributed by atoms with Crippen LogP contribution >= 0.6 is 11.3 Å². The van der Waals surface area contributed by atoms with Crippen molar-refractivity contribution in [3.8, 4) is 17.6 Å². The van der Waals surface area contributed by atoms with Gasteiger partial charge in [-0.25, -0.2) is 0 Å². The molecule has 1 aromatic carbocycles. The van der Waals surface area contributed by atoms with Crippen molar-refractivity contribution in [2.24, 2.45) is 0 Å². The first-order chi connectivity index (χ1) is 10.1. The van der Waals surface area contributed by atoms with Crippen LogP contribution in [-0.4, -0.2) is 23.4 Å². The number of nitrogens with zero attached hydrogens (tertiary/aromatic N) is 1. The van der Waals surface area contributed by atoms with Crippen molar-refractivity contribution in [3.63, 3.8) is 0 Å².